The lowest BCUT2D eigenvalue weighted by Gasteiger charge is -2.30. The predicted molar refractivity (Wildman–Crippen MR) is 92.5 cm³/mol. The number of fused-ring (bicyclic) bond motifs is 1. The van der Waals surface area contributed by atoms with Crippen LogP contribution in [0.25, 0.3) is 0 Å². The van der Waals surface area contributed by atoms with E-state index >= 15 is 0 Å². The quantitative estimate of drug-likeness (QED) is 0.707. The number of hydrogen-bond acceptors (Lipinski definition) is 3. The van der Waals surface area contributed by atoms with Crippen molar-refractivity contribution >= 4 is 17.2 Å². The van der Waals surface area contributed by atoms with Crippen LogP contribution in [0.2, 0.25) is 0 Å². The van der Waals surface area contributed by atoms with E-state index in [0.29, 0.717) is 11.3 Å². The largest absolute Gasteiger partial charge is 0.399 e. The Labute approximate surface area is 134 Å². The second-order valence-electron chi connectivity index (χ2n) is 5.74. The predicted octanol–water partition coefficient (Wildman–Crippen LogP) is 3.82. The summed E-state index contributed by atoms with van der Waals surface area (Å²) >= 11 is 0. The molecule has 112 valence electrons. The number of carbonyl (C=O) groups excluding carboxylic acids is 1. The van der Waals surface area contributed by atoms with E-state index < -0.39 is 5.54 Å². The summed E-state index contributed by atoms with van der Waals surface area (Å²) in [4.78, 5) is 13.3. The molecule has 4 rings (SSSR count). The van der Waals surface area contributed by atoms with E-state index in [2.05, 4.69) is 5.32 Å². The lowest BCUT2D eigenvalue weighted by molar-refractivity contribution is 0.0941. The van der Waals surface area contributed by atoms with Crippen LogP contribution >= 0.6 is 0 Å². The summed E-state index contributed by atoms with van der Waals surface area (Å²) in [5.41, 5.74) is 8.98. The van der Waals surface area contributed by atoms with E-state index in [1.807, 2.05) is 78.9 Å². The second kappa shape index (κ2) is 4.99. The maximum absolute atomic E-state index is 13.3. The van der Waals surface area contributed by atoms with Gasteiger partial charge in [0, 0.05) is 16.9 Å². The highest BCUT2D eigenvalue weighted by molar-refractivity contribution is 6.15. The number of hydrogen-bond donors (Lipinski definition) is 2. The molecular formula is C20H16N2O. The van der Waals surface area contributed by atoms with Gasteiger partial charge in [0.2, 0.25) is 0 Å². The standard InChI is InChI=1S/C20H16N2O/c21-16-12-10-15(11-13-16)20(14-6-2-1-3-7-14)19(23)17-8-4-5-9-18(17)22-20/h1-13,22H,21H2. The molecule has 3 aromatic rings. The molecule has 0 saturated heterocycles. The van der Waals surface area contributed by atoms with Crippen LogP contribution in [-0.2, 0) is 5.54 Å². The van der Waals surface area contributed by atoms with Gasteiger partial charge < -0.3 is 11.1 Å². The van der Waals surface area contributed by atoms with E-state index in [4.69, 9.17) is 5.73 Å². The average molecular weight is 300 g/mol. The van der Waals surface area contributed by atoms with E-state index in [1.165, 1.54) is 0 Å². The van der Waals surface area contributed by atoms with Crippen molar-refractivity contribution in [3.05, 3.63) is 95.6 Å². The molecule has 3 heteroatoms. The molecule has 23 heavy (non-hydrogen) atoms. The van der Waals surface area contributed by atoms with Crippen LogP contribution in [0.4, 0.5) is 11.4 Å². The molecule has 1 heterocycles. The molecule has 0 aliphatic carbocycles. The molecule has 0 aromatic heterocycles. The number of para-hydroxylation sites is 1. The van der Waals surface area contributed by atoms with Crippen molar-refractivity contribution in [3.8, 4) is 0 Å². The Balaban J connectivity index is 1.97. The van der Waals surface area contributed by atoms with E-state index in [9.17, 15) is 4.79 Å². The van der Waals surface area contributed by atoms with Crippen molar-refractivity contribution in [1.82, 2.24) is 0 Å². The molecule has 1 aliphatic rings. The summed E-state index contributed by atoms with van der Waals surface area (Å²) < 4.78 is 0. The first kappa shape index (κ1) is 13.6. The van der Waals surface area contributed by atoms with Gasteiger partial charge in [0.15, 0.2) is 11.3 Å². The van der Waals surface area contributed by atoms with Gasteiger partial charge in [0.25, 0.3) is 0 Å². The minimum absolute atomic E-state index is 0.0593. The van der Waals surface area contributed by atoms with Crippen LogP contribution in [0, 0.1) is 0 Å². The first-order valence-electron chi connectivity index (χ1n) is 7.55. The zero-order chi connectivity index (χ0) is 15.9. The molecular weight excluding hydrogens is 284 g/mol. The third-order valence-corrected chi connectivity index (χ3v) is 4.38. The fourth-order valence-electron chi connectivity index (χ4n) is 3.25. The Morgan fingerprint density at radius 3 is 2.04 bits per heavy atom. The van der Waals surface area contributed by atoms with Crippen molar-refractivity contribution in [3.63, 3.8) is 0 Å². The molecule has 0 amide bonds. The van der Waals surface area contributed by atoms with Crippen LogP contribution in [0.3, 0.4) is 0 Å². The normalized spacial score (nSPS) is 19.2. The number of carbonyl (C=O) groups is 1. The smallest absolute Gasteiger partial charge is 0.199 e. The lowest BCUT2D eigenvalue weighted by Crippen LogP contribution is -2.39. The van der Waals surface area contributed by atoms with E-state index in [-0.39, 0.29) is 5.78 Å². The molecule has 1 unspecified atom stereocenters. The highest BCUT2D eigenvalue weighted by Gasteiger charge is 2.47. The van der Waals surface area contributed by atoms with Crippen LogP contribution in [0.15, 0.2) is 78.9 Å². The zero-order valence-electron chi connectivity index (χ0n) is 12.5. The van der Waals surface area contributed by atoms with Gasteiger partial charge in [-0.1, -0.05) is 54.6 Å². The first-order chi connectivity index (χ1) is 11.2. The lowest BCUT2D eigenvalue weighted by atomic mass is 9.79. The Morgan fingerprint density at radius 1 is 0.739 bits per heavy atom. The number of anilines is 2. The van der Waals surface area contributed by atoms with Crippen molar-refractivity contribution in [2.75, 3.05) is 11.1 Å². The summed E-state index contributed by atoms with van der Waals surface area (Å²) in [5.74, 6) is 0.0593. The Hall–Kier alpha value is -3.07. The van der Waals surface area contributed by atoms with E-state index in [0.717, 1.165) is 16.8 Å². The molecule has 0 spiro atoms. The monoisotopic (exact) mass is 300 g/mol. The Kier molecular flexibility index (Phi) is 2.95. The minimum Gasteiger partial charge on any atom is -0.399 e. The number of rotatable bonds is 2. The molecule has 0 fully saturated rings. The topological polar surface area (TPSA) is 55.1 Å². The molecule has 0 bridgehead atoms. The minimum atomic E-state index is -0.904. The van der Waals surface area contributed by atoms with Gasteiger partial charge in [-0.3, -0.25) is 4.79 Å². The summed E-state index contributed by atoms with van der Waals surface area (Å²) in [6.45, 7) is 0. The third kappa shape index (κ3) is 1.94. The highest BCUT2D eigenvalue weighted by atomic mass is 16.1. The summed E-state index contributed by atoms with van der Waals surface area (Å²) in [6.07, 6.45) is 0. The maximum Gasteiger partial charge on any atom is 0.199 e. The molecule has 0 radical (unpaired) electrons. The molecule has 1 atom stereocenters. The number of benzene rings is 3. The molecule has 3 N–H and O–H groups in total. The van der Waals surface area contributed by atoms with Crippen LogP contribution in [0.1, 0.15) is 21.5 Å². The van der Waals surface area contributed by atoms with E-state index in [1.54, 1.807) is 0 Å². The summed E-state index contributed by atoms with van der Waals surface area (Å²) in [6, 6.07) is 24.9. The number of nitrogens with two attached hydrogens (primary N) is 1. The van der Waals surface area contributed by atoms with Gasteiger partial charge in [-0.25, -0.2) is 0 Å². The average Bonchev–Trinajstić information content (AvgIpc) is 2.91. The number of ketones is 1. The van der Waals surface area contributed by atoms with Crippen LogP contribution in [0.5, 0.6) is 0 Å². The molecule has 1 aliphatic heterocycles. The number of Topliss-reactive ketones (excluding diaryl/α,β-unsaturated/α-hetero) is 1. The van der Waals surface area contributed by atoms with Crippen molar-refractivity contribution in [2.45, 2.75) is 5.54 Å². The summed E-state index contributed by atoms with van der Waals surface area (Å²) in [5, 5.41) is 3.46. The fourth-order valence-corrected chi connectivity index (χ4v) is 3.25. The Bertz CT molecular complexity index is 872. The van der Waals surface area contributed by atoms with Gasteiger partial charge in [0.1, 0.15) is 0 Å². The van der Waals surface area contributed by atoms with Gasteiger partial charge in [-0.15, -0.1) is 0 Å². The zero-order valence-corrected chi connectivity index (χ0v) is 12.5. The van der Waals surface area contributed by atoms with Crippen LogP contribution < -0.4 is 11.1 Å². The number of nitrogen functional groups attached to an aromatic ring is 1. The van der Waals surface area contributed by atoms with Gasteiger partial charge in [-0.2, -0.15) is 0 Å². The fraction of sp³-hybridized carbons (Fsp3) is 0.0500. The molecule has 3 nitrogen and oxygen atoms in total. The third-order valence-electron chi connectivity index (χ3n) is 4.38. The Morgan fingerprint density at radius 2 is 1.35 bits per heavy atom. The van der Waals surface area contributed by atoms with Gasteiger partial charge in [-0.05, 0) is 35.4 Å². The van der Waals surface area contributed by atoms with Crippen molar-refractivity contribution < 1.29 is 4.79 Å². The molecule has 3 aromatic carbocycles. The van der Waals surface area contributed by atoms with Gasteiger partial charge in [0.05, 0.1) is 0 Å². The van der Waals surface area contributed by atoms with Crippen molar-refractivity contribution in [1.29, 1.82) is 0 Å². The second-order valence-corrected chi connectivity index (χ2v) is 5.74. The van der Waals surface area contributed by atoms with Crippen molar-refractivity contribution in [2.24, 2.45) is 0 Å². The number of nitrogens with one attached hydrogen (secondary N) is 1. The summed E-state index contributed by atoms with van der Waals surface area (Å²) in [7, 11) is 0. The van der Waals surface area contributed by atoms with Crippen LogP contribution in [-0.4, -0.2) is 5.78 Å². The highest BCUT2D eigenvalue weighted by Crippen LogP contribution is 2.43. The SMILES string of the molecule is Nc1ccc(C2(c3ccccc3)Nc3ccccc3C2=O)cc1. The maximum atomic E-state index is 13.3. The molecule has 0 saturated carbocycles. The van der Waals surface area contributed by atoms with Gasteiger partial charge >= 0.3 is 0 Å². The first-order valence-corrected chi connectivity index (χ1v) is 7.55.